The number of hydrogen-bond acceptors (Lipinski definition) is 2. The molecule has 1 aromatic rings. The van der Waals surface area contributed by atoms with Crippen molar-refractivity contribution in [1.29, 1.82) is 0 Å². The Morgan fingerprint density at radius 3 is 3.00 bits per heavy atom. The molecule has 106 valence electrons. The highest BCUT2D eigenvalue weighted by Crippen LogP contribution is 2.16. The maximum atomic E-state index is 12.4. The van der Waals surface area contributed by atoms with E-state index >= 15 is 0 Å². The number of aromatic nitrogens is 1. The number of carbonyl (C=O) groups excluding carboxylic acids is 1. The summed E-state index contributed by atoms with van der Waals surface area (Å²) in [5.41, 5.74) is 1.81. The Morgan fingerprint density at radius 1 is 1.47 bits per heavy atom. The van der Waals surface area contributed by atoms with Gasteiger partial charge in [-0.05, 0) is 37.8 Å². The van der Waals surface area contributed by atoms with Gasteiger partial charge in [0.15, 0.2) is 0 Å². The summed E-state index contributed by atoms with van der Waals surface area (Å²) in [5.74, 6) is 0.101. The lowest BCUT2D eigenvalue weighted by molar-refractivity contribution is 0.00194. The van der Waals surface area contributed by atoms with Gasteiger partial charge in [-0.25, -0.2) is 0 Å². The summed E-state index contributed by atoms with van der Waals surface area (Å²) in [4.78, 5) is 17.5. The third-order valence-electron chi connectivity index (χ3n) is 3.58. The lowest BCUT2D eigenvalue weighted by Crippen LogP contribution is -2.43. The Balaban J connectivity index is 1.94. The van der Waals surface area contributed by atoms with Gasteiger partial charge in [-0.3, -0.25) is 4.79 Å². The zero-order chi connectivity index (χ0) is 13.7. The molecule has 2 heterocycles. The third-order valence-corrected chi connectivity index (χ3v) is 3.58. The molecule has 0 aliphatic carbocycles. The van der Waals surface area contributed by atoms with Gasteiger partial charge in [0, 0.05) is 25.4 Å². The number of aryl methyl sites for hydroxylation is 1. The number of amides is 1. The van der Waals surface area contributed by atoms with E-state index < -0.39 is 0 Å². The van der Waals surface area contributed by atoms with Crippen LogP contribution < -0.4 is 0 Å². The van der Waals surface area contributed by atoms with Gasteiger partial charge in [0.2, 0.25) is 0 Å². The van der Waals surface area contributed by atoms with Crippen LogP contribution in [-0.4, -0.2) is 41.6 Å². The summed E-state index contributed by atoms with van der Waals surface area (Å²) in [6, 6.07) is 3.87. The van der Waals surface area contributed by atoms with Crippen molar-refractivity contribution in [3.8, 4) is 0 Å². The first-order valence-corrected chi connectivity index (χ1v) is 7.33. The molecule has 4 heteroatoms. The molecule has 1 aromatic heterocycles. The smallest absolute Gasteiger partial charge is 0.270 e. The number of likely N-dealkylation sites (tertiary alicyclic amines) is 1. The monoisotopic (exact) mass is 264 g/mol. The summed E-state index contributed by atoms with van der Waals surface area (Å²) in [5, 5.41) is 0. The van der Waals surface area contributed by atoms with Crippen molar-refractivity contribution in [2.75, 3.05) is 19.7 Å². The Bertz CT molecular complexity index is 414. The zero-order valence-electron chi connectivity index (χ0n) is 11.9. The molecular formula is C15H24N2O2. The first-order chi connectivity index (χ1) is 9.24. The number of aromatic amines is 1. The van der Waals surface area contributed by atoms with Gasteiger partial charge < -0.3 is 14.6 Å². The van der Waals surface area contributed by atoms with Gasteiger partial charge in [-0.1, -0.05) is 13.8 Å². The summed E-state index contributed by atoms with van der Waals surface area (Å²) in [6.45, 7) is 6.53. The van der Waals surface area contributed by atoms with E-state index in [1.807, 2.05) is 17.0 Å². The predicted octanol–water partition coefficient (Wildman–Crippen LogP) is 2.61. The molecule has 1 aliphatic rings. The lowest BCUT2D eigenvalue weighted by Gasteiger charge is -2.32. The molecule has 0 spiro atoms. The van der Waals surface area contributed by atoms with Crippen molar-refractivity contribution in [3.63, 3.8) is 0 Å². The average molecular weight is 264 g/mol. The number of carbonyl (C=O) groups is 1. The van der Waals surface area contributed by atoms with E-state index in [0.29, 0.717) is 5.69 Å². The van der Waals surface area contributed by atoms with Crippen molar-refractivity contribution in [3.05, 3.63) is 23.5 Å². The number of H-pyrrole nitrogens is 1. The number of piperidine rings is 1. The van der Waals surface area contributed by atoms with Gasteiger partial charge in [-0.15, -0.1) is 0 Å². The number of nitrogens with zero attached hydrogens (tertiary/aromatic N) is 1. The van der Waals surface area contributed by atoms with Gasteiger partial charge >= 0.3 is 0 Å². The molecule has 0 radical (unpaired) electrons. The van der Waals surface area contributed by atoms with Crippen LogP contribution in [0.2, 0.25) is 0 Å². The highest BCUT2D eigenvalue weighted by Gasteiger charge is 2.25. The van der Waals surface area contributed by atoms with Crippen LogP contribution >= 0.6 is 0 Å². The summed E-state index contributed by atoms with van der Waals surface area (Å²) < 4.78 is 5.77. The van der Waals surface area contributed by atoms with Crippen molar-refractivity contribution in [2.24, 2.45) is 0 Å². The lowest BCUT2D eigenvalue weighted by atomic mass is 10.1. The van der Waals surface area contributed by atoms with Crippen molar-refractivity contribution < 1.29 is 9.53 Å². The van der Waals surface area contributed by atoms with Gasteiger partial charge in [-0.2, -0.15) is 0 Å². The van der Waals surface area contributed by atoms with Gasteiger partial charge in [0.1, 0.15) is 5.69 Å². The highest BCUT2D eigenvalue weighted by atomic mass is 16.5. The van der Waals surface area contributed by atoms with E-state index in [1.165, 1.54) is 0 Å². The maximum Gasteiger partial charge on any atom is 0.270 e. The molecule has 1 atom stereocenters. The Kier molecular flexibility index (Phi) is 5.02. The number of hydrogen-bond donors (Lipinski definition) is 1. The van der Waals surface area contributed by atoms with E-state index in [-0.39, 0.29) is 12.0 Å². The normalized spacial score (nSPS) is 19.7. The fourth-order valence-electron chi connectivity index (χ4n) is 2.48. The zero-order valence-corrected chi connectivity index (χ0v) is 11.9. The molecule has 1 N–H and O–H groups in total. The number of ether oxygens (including phenoxy) is 1. The van der Waals surface area contributed by atoms with Crippen molar-refractivity contribution in [2.45, 2.75) is 45.6 Å². The van der Waals surface area contributed by atoms with Crippen LogP contribution in [0, 0.1) is 0 Å². The highest BCUT2D eigenvalue weighted by molar-refractivity contribution is 5.92. The summed E-state index contributed by atoms with van der Waals surface area (Å²) in [7, 11) is 0. The molecule has 1 amide bonds. The van der Waals surface area contributed by atoms with Crippen LogP contribution in [0.5, 0.6) is 0 Å². The molecule has 0 unspecified atom stereocenters. The molecule has 1 saturated heterocycles. The quantitative estimate of drug-likeness (QED) is 0.888. The molecule has 4 nitrogen and oxygen atoms in total. The van der Waals surface area contributed by atoms with Gasteiger partial charge in [0.25, 0.3) is 5.91 Å². The van der Waals surface area contributed by atoms with Crippen LogP contribution in [0.3, 0.4) is 0 Å². The number of nitrogens with one attached hydrogen (secondary N) is 1. The fourth-order valence-corrected chi connectivity index (χ4v) is 2.48. The molecule has 0 bridgehead atoms. The predicted molar refractivity (Wildman–Crippen MR) is 75.3 cm³/mol. The fraction of sp³-hybridized carbons (Fsp3) is 0.667. The molecule has 0 saturated carbocycles. The second-order valence-electron chi connectivity index (χ2n) is 5.14. The van der Waals surface area contributed by atoms with Crippen LogP contribution in [0.1, 0.15) is 49.3 Å². The molecule has 1 fully saturated rings. The maximum absolute atomic E-state index is 12.4. The Labute approximate surface area is 115 Å². The van der Waals surface area contributed by atoms with E-state index in [2.05, 4.69) is 18.8 Å². The molecule has 1 aliphatic heterocycles. The first kappa shape index (κ1) is 14.1. The third kappa shape index (κ3) is 3.60. The Morgan fingerprint density at radius 2 is 2.32 bits per heavy atom. The molecule has 19 heavy (non-hydrogen) atoms. The second-order valence-corrected chi connectivity index (χ2v) is 5.14. The first-order valence-electron chi connectivity index (χ1n) is 7.33. The van der Waals surface area contributed by atoms with Gasteiger partial charge in [0.05, 0.1) is 6.10 Å². The van der Waals surface area contributed by atoms with Crippen LogP contribution in [0.25, 0.3) is 0 Å². The SMILES string of the molecule is CCCO[C@@H]1CCCN(C(=O)c2ccc(CC)[nH]2)C1. The van der Waals surface area contributed by atoms with Crippen LogP contribution in [0.15, 0.2) is 12.1 Å². The van der Waals surface area contributed by atoms with Crippen molar-refractivity contribution >= 4 is 5.91 Å². The average Bonchev–Trinajstić information content (AvgIpc) is 2.93. The summed E-state index contributed by atoms with van der Waals surface area (Å²) >= 11 is 0. The summed E-state index contributed by atoms with van der Waals surface area (Å²) in [6.07, 6.45) is 4.25. The standard InChI is InChI=1S/C15H24N2O2/c1-3-10-19-13-6-5-9-17(11-13)15(18)14-8-7-12(4-2)16-14/h7-8,13,16H,3-6,9-11H2,1-2H3/t13-/m1/s1. The minimum Gasteiger partial charge on any atom is -0.376 e. The van der Waals surface area contributed by atoms with Crippen LogP contribution in [0.4, 0.5) is 0 Å². The van der Waals surface area contributed by atoms with E-state index in [0.717, 1.165) is 51.1 Å². The van der Waals surface area contributed by atoms with Crippen molar-refractivity contribution in [1.82, 2.24) is 9.88 Å². The largest absolute Gasteiger partial charge is 0.376 e. The molecular weight excluding hydrogens is 240 g/mol. The van der Waals surface area contributed by atoms with E-state index in [1.54, 1.807) is 0 Å². The topological polar surface area (TPSA) is 45.3 Å². The van der Waals surface area contributed by atoms with E-state index in [4.69, 9.17) is 4.74 Å². The second kappa shape index (κ2) is 6.75. The Hall–Kier alpha value is -1.29. The number of rotatable bonds is 5. The van der Waals surface area contributed by atoms with Crippen LogP contribution in [-0.2, 0) is 11.2 Å². The minimum atomic E-state index is 0.101. The van der Waals surface area contributed by atoms with E-state index in [9.17, 15) is 4.79 Å². The molecule has 0 aromatic carbocycles. The minimum absolute atomic E-state index is 0.101. The molecule has 2 rings (SSSR count).